The maximum Gasteiger partial charge on any atom is 0.228 e. The summed E-state index contributed by atoms with van der Waals surface area (Å²) in [6.07, 6.45) is 0.404. The van der Waals surface area contributed by atoms with Gasteiger partial charge >= 0.3 is 0 Å². The standard InChI is InChI=1S/C22H29N3O.C2H6/c1-17-4-9-21(14-18(17)2)23-22(26)15-19-5-7-20(8-6-19)16-25-12-10-24(3)11-13-25;1-2/h4-9,14H,10-13,15-16H2,1-3H3,(H,23,26);1-2H3. The fraction of sp³-hybridized carbons (Fsp3) is 0.458. The highest BCUT2D eigenvalue weighted by Crippen LogP contribution is 2.15. The third-order valence-corrected chi connectivity index (χ3v) is 5.18. The molecule has 1 saturated heterocycles. The van der Waals surface area contributed by atoms with Crippen LogP contribution in [0.4, 0.5) is 5.69 Å². The van der Waals surface area contributed by atoms with Gasteiger partial charge in [0.25, 0.3) is 0 Å². The van der Waals surface area contributed by atoms with Crippen molar-refractivity contribution in [1.29, 1.82) is 0 Å². The molecule has 2 aromatic rings. The minimum atomic E-state index is 0.0278. The van der Waals surface area contributed by atoms with Crippen LogP contribution in [0.25, 0.3) is 0 Å². The molecule has 0 aromatic heterocycles. The summed E-state index contributed by atoms with van der Waals surface area (Å²) in [4.78, 5) is 17.1. The number of hydrogen-bond acceptors (Lipinski definition) is 3. The van der Waals surface area contributed by atoms with Gasteiger partial charge in [0.1, 0.15) is 0 Å². The zero-order chi connectivity index (χ0) is 20.5. The minimum Gasteiger partial charge on any atom is -0.326 e. The van der Waals surface area contributed by atoms with Crippen molar-refractivity contribution in [3.05, 3.63) is 64.7 Å². The van der Waals surface area contributed by atoms with E-state index in [2.05, 4.69) is 60.3 Å². The largest absolute Gasteiger partial charge is 0.326 e. The van der Waals surface area contributed by atoms with E-state index < -0.39 is 0 Å². The highest BCUT2D eigenvalue weighted by Gasteiger charge is 2.13. The maximum absolute atomic E-state index is 12.3. The molecule has 1 aliphatic rings. The van der Waals surface area contributed by atoms with Crippen molar-refractivity contribution < 1.29 is 4.79 Å². The molecule has 0 atom stereocenters. The van der Waals surface area contributed by atoms with Gasteiger partial charge < -0.3 is 10.2 Å². The smallest absolute Gasteiger partial charge is 0.228 e. The Morgan fingerprint density at radius 1 is 0.893 bits per heavy atom. The number of piperazine rings is 1. The molecule has 3 rings (SSSR count). The molecule has 0 spiro atoms. The zero-order valence-electron chi connectivity index (χ0n) is 18.1. The highest BCUT2D eigenvalue weighted by atomic mass is 16.1. The van der Waals surface area contributed by atoms with E-state index in [-0.39, 0.29) is 5.91 Å². The van der Waals surface area contributed by atoms with Crippen molar-refractivity contribution in [3.63, 3.8) is 0 Å². The number of nitrogens with one attached hydrogen (secondary N) is 1. The molecule has 1 fully saturated rings. The number of rotatable bonds is 5. The lowest BCUT2D eigenvalue weighted by molar-refractivity contribution is -0.115. The molecular formula is C24H35N3O. The molecule has 0 radical (unpaired) electrons. The number of aryl methyl sites for hydroxylation is 2. The van der Waals surface area contributed by atoms with Crippen LogP contribution in [-0.4, -0.2) is 48.9 Å². The number of nitrogens with zero attached hydrogens (tertiary/aromatic N) is 2. The van der Waals surface area contributed by atoms with Crippen molar-refractivity contribution >= 4 is 11.6 Å². The van der Waals surface area contributed by atoms with Gasteiger partial charge in [0.15, 0.2) is 0 Å². The summed E-state index contributed by atoms with van der Waals surface area (Å²) in [5.41, 5.74) is 5.65. The molecule has 1 N–H and O–H groups in total. The summed E-state index contributed by atoms with van der Waals surface area (Å²) in [6.45, 7) is 13.6. The average molecular weight is 382 g/mol. The Morgan fingerprint density at radius 3 is 2.11 bits per heavy atom. The Hall–Kier alpha value is -2.17. The Bertz CT molecular complexity index is 747. The summed E-state index contributed by atoms with van der Waals surface area (Å²) in [5.74, 6) is 0.0278. The van der Waals surface area contributed by atoms with E-state index in [1.165, 1.54) is 16.7 Å². The second-order valence-electron chi connectivity index (χ2n) is 7.42. The molecule has 4 heteroatoms. The minimum absolute atomic E-state index is 0.0278. The normalized spacial score (nSPS) is 14.9. The maximum atomic E-state index is 12.3. The van der Waals surface area contributed by atoms with Gasteiger partial charge in [-0.05, 0) is 55.3 Å². The Kier molecular flexibility index (Phi) is 8.68. The van der Waals surface area contributed by atoms with Crippen LogP contribution < -0.4 is 5.32 Å². The molecule has 0 aliphatic carbocycles. The number of amides is 1. The van der Waals surface area contributed by atoms with Crippen molar-refractivity contribution in [2.75, 3.05) is 38.5 Å². The third-order valence-electron chi connectivity index (χ3n) is 5.18. The van der Waals surface area contributed by atoms with Crippen LogP contribution in [0.2, 0.25) is 0 Å². The van der Waals surface area contributed by atoms with Gasteiger partial charge in [0.2, 0.25) is 5.91 Å². The number of anilines is 1. The van der Waals surface area contributed by atoms with Gasteiger partial charge in [-0.3, -0.25) is 9.69 Å². The van der Waals surface area contributed by atoms with Crippen LogP contribution >= 0.6 is 0 Å². The molecule has 4 nitrogen and oxygen atoms in total. The lowest BCUT2D eigenvalue weighted by Crippen LogP contribution is -2.43. The summed E-state index contributed by atoms with van der Waals surface area (Å²) >= 11 is 0. The van der Waals surface area contributed by atoms with E-state index in [0.717, 1.165) is 44.0 Å². The Morgan fingerprint density at radius 2 is 1.50 bits per heavy atom. The van der Waals surface area contributed by atoms with E-state index >= 15 is 0 Å². The van der Waals surface area contributed by atoms with Crippen molar-refractivity contribution in [3.8, 4) is 0 Å². The first-order chi connectivity index (χ1) is 13.5. The summed E-state index contributed by atoms with van der Waals surface area (Å²) in [6, 6.07) is 14.5. The van der Waals surface area contributed by atoms with Gasteiger partial charge in [-0.25, -0.2) is 0 Å². The summed E-state index contributed by atoms with van der Waals surface area (Å²) in [7, 11) is 2.18. The molecule has 0 saturated carbocycles. The van der Waals surface area contributed by atoms with Crippen LogP contribution in [0.3, 0.4) is 0 Å². The van der Waals surface area contributed by atoms with E-state index in [1.54, 1.807) is 0 Å². The lowest BCUT2D eigenvalue weighted by atomic mass is 10.1. The van der Waals surface area contributed by atoms with Crippen LogP contribution in [0, 0.1) is 13.8 Å². The molecule has 28 heavy (non-hydrogen) atoms. The number of hydrogen-bond donors (Lipinski definition) is 1. The van der Waals surface area contributed by atoms with Gasteiger partial charge in [-0.1, -0.05) is 44.2 Å². The molecule has 152 valence electrons. The molecular weight excluding hydrogens is 346 g/mol. The van der Waals surface area contributed by atoms with Crippen LogP contribution in [0.1, 0.15) is 36.1 Å². The van der Waals surface area contributed by atoms with E-state index in [4.69, 9.17) is 0 Å². The summed E-state index contributed by atoms with van der Waals surface area (Å²) in [5, 5.41) is 2.99. The predicted molar refractivity (Wildman–Crippen MR) is 119 cm³/mol. The number of carbonyl (C=O) groups is 1. The summed E-state index contributed by atoms with van der Waals surface area (Å²) < 4.78 is 0. The van der Waals surface area contributed by atoms with Crippen LogP contribution in [0.5, 0.6) is 0 Å². The molecule has 1 amide bonds. The number of benzene rings is 2. The number of carbonyl (C=O) groups excluding carboxylic acids is 1. The monoisotopic (exact) mass is 381 g/mol. The SMILES string of the molecule is CC.Cc1ccc(NC(=O)Cc2ccc(CN3CCN(C)CC3)cc2)cc1C. The quantitative estimate of drug-likeness (QED) is 0.841. The second kappa shape index (κ2) is 11.0. The predicted octanol–water partition coefficient (Wildman–Crippen LogP) is 4.26. The topological polar surface area (TPSA) is 35.6 Å². The van der Waals surface area contributed by atoms with Crippen LogP contribution in [0.15, 0.2) is 42.5 Å². The van der Waals surface area contributed by atoms with E-state index in [0.29, 0.717) is 6.42 Å². The molecule has 0 bridgehead atoms. The first-order valence-electron chi connectivity index (χ1n) is 10.4. The Labute approximate surface area is 170 Å². The first-order valence-corrected chi connectivity index (χ1v) is 10.4. The van der Waals surface area contributed by atoms with Gasteiger partial charge in [0, 0.05) is 38.4 Å². The fourth-order valence-corrected chi connectivity index (χ4v) is 3.24. The van der Waals surface area contributed by atoms with Gasteiger partial charge in [0.05, 0.1) is 6.42 Å². The lowest BCUT2D eigenvalue weighted by Gasteiger charge is -2.32. The molecule has 1 heterocycles. The Balaban J connectivity index is 0.00000136. The first kappa shape index (κ1) is 22.1. The molecule has 1 aliphatic heterocycles. The third kappa shape index (κ3) is 6.77. The molecule has 2 aromatic carbocycles. The van der Waals surface area contributed by atoms with Gasteiger partial charge in [-0.15, -0.1) is 0 Å². The van der Waals surface area contributed by atoms with Crippen molar-refractivity contribution in [2.45, 2.75) is 40.7 Å². The van der Waals surface area contributed by atoms with E-state index in [1.807, 2.05) is 32.0 Å². The molecule has 0 unspecified atom stereocenters. The average Bonchev–Trinajstić information content (AvgIpc) is 2.69. The van der Waals surface area contributed by atoms with Crippen molar-refractivity contribution in [1.82, 2.24) is 9.80 Å². The van der Waals surface area contributed by atoms with E-state index in [9.17, 15) is 4.79 Å². The van der Waals surface area contributed by atoms with Crippen LogP contribution in [-0.2, 0) is 17.8 Å². The zero-order valence-corrected chi connectivity index (χ0v) is 18.1. The van der Waals surface area contributed by atoms with Crippen molar-refractivity contribution in [2.24, 2.45) is 0 Å². The number of likely N-dealkylation sites (N-methyl/N-ethyl adjacent to an activating group) is 1. The van der Waals surface area contributed by atoms with Gasteiger partial charge in [-0.2, -0.15) is 0 Å². The highest BCUT2D eigenvalue weighted by molar-refractivity contribution is 5.92. The second-order valence-corrected chi connectivity index (χ2v) is 7.42. The fourth-order valence-electron chi connectivity index (χ4n) is 3.24.